The van der Waals surface area contributed by atoms with Gasteiger partial charge < -0.3 is 16.4 Å². The summed E-state index contributed by atoms with van der Waals surface area (Å²) in [6.07, 6.45) is 12.7. The number of nitrogens with zero attached hydrogens (tertiary/aromatic N) is 2. The Morgan fingerprint density at radius 1 is 1.00 bits per heavy atom. The molecule has 0 amide bonds. The van der Waals surface area contributed by atoms with E-state index < -0.39 is 0 Å². The highest BCUT2D eigenvalue weighted by atomic mass is 15.1. The van der Waals surface area contributed by atoms with Crippen LogP contribution in [0.5, 0.6) is 0 Å². The average molecular weight is 354 g/mol. The molecule has 2 aromatic rings. The van der Waals surface area contributed by atoms with Gasteiger partial charge in [0, 0.05) is 11.7 Å². The molecule has 0 saturated heterocycles. The molecule has 0 spiro atoms. The third-order valence-electron chi connectivity index (χ3n) is 5.12. The van der Waals surface area contributed by atoms with E-state index in [1.165, 1.54) is 56.9 Å². The van der Waals surface area contributed by atoms with Gasteiger partial charge in [-0.05, 0) is 43.4 Å². The number of nitrogens with one attached hydrogen (secondary N) is 2. The first-order valence-electron chi connectivity index (χ1n) is 9.99. The minimum Gasteiger partial charge on any atom is -0.393 e. The monoisotopic (exact) mass is 353 g/mol. The Hall–Kier alpha value is -2.30. The highest BCUT2D eigenvalue weighted by molar-refractivity contribution is 5.77. The molecule has 1 aromatic carbocycles. The zero-order chi connectivity index (χ0) is 18.2. The Balaban J connectivity index is 1.66. The zero-order valence-electron chi connectivity index (χ0n) is 15.8. The molecule has 0 atom stereocenters. The van der Waals surface area contributed by atoms with Crippen molar-refractivity contribution >= 4 is 23.0 Å². The molecule has 0 bridgehead atoms. The predicted molar refractivity (Wildman–Crippen MR) is 110 cm³/mol. The molecule has 140 valence electrons. The van der Waals surface area contributed by atoms with Crippen LogP contribution < -0.4 is 16.4 Å². The van der Waals surface area contributed by atoms with E-state index >= 15 is 0 Å². The summed E-state index contributed by atoms with van der Waals surface area (Å²) in [4.78, 5) is 8.70. The third kappa shape index (κ3) is 5.10. The Bertz CT molecular complexity index is 675. The van der Waals surface area contributed by atoms with Crippen LogP contribution >= 0.6 is 0 Å². The fourth-order valence-electron chi connectivity index (χ4n) is 3.50. The van der Waals surface area contributed by atoms with Crippen LogP contribution in [0.25, 0.3) is 0 Å². The van der Waals surface area contributed by atoms with Gasteiger partial charge in [0.25, 0.3) is 0 Å². The number of nitrogen functional groups attached to an aromatic ring is 1. The van der Waals surface area contributed by atoms with Crippen molar-refractivity contribution in [2.75, 3.05) is 16.4 Å². The van der Waals surface area contributed by atoms with Crippen LogP contribution in [0.3, 0.4) is 0 Å². The zero-order valence-corrected chi connectivity index (χ0v) is 15.8. The first-order valence-corrected chi connectivity index (χ1v) is 9.99. The van der Waals surface area contributed by atoms with Crippen molar-refractivity contribution in [1.82, 2.24) is 9.97 Å². The van der Waals surface area contributed by atoms with E-state index in [0.717, 1.165) is 17.9 Å². The smallest absolute Gasteiger partial charge is 0.159 e. The SMILES string of the molecule is CCCCc1ccc(Nc2ncnc(NC3CCCCCC3)c2N)cc1. The molecule has 5 heteroatoms. The van der Waals surface area contributed by atoms with E-state index in [2.05, 4.69) is 51.8 Å². The quantitative estimate of drug-likeness (QED) is 0.590. The van der Waals surface area contributed by atoms with Gasteiger partial charge in [-0.1, -0.05) is 51.2 Å². The van der Waals surface area contributed by atoms with E-state index in [0.29, 0.717) is 17.5 Å². The van der Waals surface area contributed by atoms with Crippen LogP contribution in [0.4, 0.5) is 23.0 Å². The first-order chi connectivity index (χ1) is 12.8. The number of rotatable bonds is 7. The van der Waals surface area contributed by atoms with Gasteiger partial charge in [-0.15, -0.1) is 0 Å². The molecule has 5 nitrogen and oxygen atoms in total. The predicted octanol–water partition coefficient (Wildman–Crippen LogP) is 5.28. The second-order valence-corrected chi connectivity index (χ2v) is 7.24. The van der Waals surface area contributed by atoms with Crippen LogP contribution in [-0.4, -0.2) is 16.0 Å². The molecule has 0 aliphatic heterocycles. The summed E-state index contributed by atoms with van der Waals surface area (Å²) in [6.45, 7) is 2.22. The highest BCUT2D eigenvalue weighted by Gasteiger charge is 2.15. The Morgan fingerprint density at radius 3 is 2.38 bits per heavy atom. The molecule has 1 aliphatic carbocycles. The molecule has 0 unspecified atom stereocenters. The maximum absolute atomic E-state index is 6.33. The Morgan fingerprint density at radius 2 is 1.69 bits per heavy atom. The lowest BCUT2D eigenvalue weighted by Crippen LogP contribution is -2.20. The van der Waals surface area contributed by atoms with Gasteiger partial charge in [0.05, 0.1) is 0 Å². The standard InChI is InChI=1S/C21H31N5/c1-2-3-8-16-11-13-18(14-12-16)26-21-19(22)20(23-15-24-21)25-17-9-6-4-5-7-10-17/h11-15,17H,2-10,22H2,1H3,(H2,23,24,25,26). The number of nitrogens with two attached hydrogens (primary N) is 1. The largest absolute Gasteiger partial charge is 0.393 e. The maximum Gasteiger partial charge on any atom is 0.159 e. The summed E-state index contributed by atoms with van der Waals surface area (Å²) in [7, 11) is 0. The minimum absolute atomic E-state index is 0.459. The van der Waals surface area contributed by atoms with Gasteiger partial charge >= 0.3 is 0 Å². The van der Waals surface area contributed by atoms with Crippen molar-refractivity contribution in [3.8, 4) is 0 Å². The van der Waals surface area contributed by atoms with E-state index in [1.54, 1.807) is 6.33 Å². The highest BCUT2D eigenvalue weighted by Crippen LogP contribution is 2.28. The van der Waals surface area contributed by atoms with Crippen molar-refractivity contribution in [3.05, 3.63) is 36.2 Å². The minimum atomic E-state index is 0.459. The topological polar surface area (TPSA) is 75.9 Å². The van der Waals surface area contributed by atoms with Crippen molar-refractivity contribution in [2.45, 2.75) is 70.8 Å². The third-order valence-corrected chi connectivity index (χ3v) is 5.12. The molecule has 3 rings (SSSR count). The molecule has 1 fully saturated rings. The second-order valence-electron chi connectivity index (χ2n) is 7.24. The fourth-order valence-corrected chi connectivity index (χ4v) is 3.50. The van der Waals surface area contributed by atoms with Gasteiger partial charge in [-0.3, -0.25) is 0 Å². The van der Waals surface area contributed by atoms with Crippen molar-refractivity contribution in [1.29, 1.82) is 0 Å². The van der Waals surface area contributed by atoms with E-state index in [9.17, 15) is 0 Å². The maximum atomic E-state index is 6.33. The van der Waals surface area contributed by atoms with E-state index in [4.69, 9.17) is 5.73 Å². The Labute approximate surface area is 156 Å². The number of unbranched alkanes of at least 4 members (excludes halogenated alkanes) is 1. The number of aromatic nitrogens is 2. The molecule has 0 radical (unpaired) electrons. The lowest BCUT2D eigenvalue weighted by atomic mass is 10.1. The molecule has 1 saturated carbocycles. The number of anilines is 4. The van der Waals surface area contributed by atoms with Gasteiger partial charge in [-0.2, -0.15) is 0 Å². The summed E-state index contributed by atoms with van der Waals surface area (Å²) >= 11 is 0. The summed E-state index contributed by atoms with van der Waals surface area (Å²) in [5.74, 6) is 1.41. The summed E-state index contributed by atoms with van der Waals surface area (Å²) in [5.41, 5.74) is 9.28. The molecule has 1 aliphatic rings. The van der Waals surface area contributed by atoms with E-state index in [-0.39, 0.29) is 0 Å². The molecular weight excluding hydrogens is 322 g/mol. The van der Waals surface area contributed by atoms with Crippen molar-refractivity contribution in [2.24, 2.45) is 0 Å². The number of hydrogen-bond acceptors (Lipinski definition) is 5. The fraction of sp³-hybridized carbons (Fsp3) is 0.524. The van der Waals surface area contributed by atoms with E-state index in [1.807, 2.05) is 0 Å². The van der Waals surface area contributed by atoms with Crippen LogP contribution in [0.2, 0.25) is 0 Å². The van der Waals surface area contributed by atoms with Crippen LogP contribution in [0.15, 0.2) is 30.6 Å². The average Bonchev–Trinajstić information content (AvgIpc) is 2.93. The van der Waals surface area contributed by atoms with Gasteiger partial charge in [0.1, 0.15) is 12.0 Å². The normalized spacial score (nSPS) is 15.4. The summed E-state index contributed by atoms with van der Waals surface area (Å²) in [6, 6.07) is 8.97. The first kappa shape index (κ1) is 18.5. The molecular formula is C21H31N5. The van der Waals surface area contributed by atoms with Crippen LogP contribution in [0.1, 0.15) is 63.9 Å². The Kier molecular flexibility index (Phi) is 6.69. The molecule has 26 heavy (non-hydrogen) atoms. The van der Waals surface area contributed by atoms with Crippen LogP contribution in [0, 0.1) is 0 Å². The summed E-state index contributed by atoms with van der Waals surface area (Å²) < 4.78 is 0. The number of benzene rings is 1. The summed E-state index contributed by atoms with van der Waals surface area (Å²) in [5, 5.41) is 6.86. The van der Waals surface area contributed by atoms with Gasteiger partial charge in [0.2, 0.25) is 0 Å². The molecule has 1 heterocycles. The second kappa shape index (κ2) is 9.41. The molecule has 1 aromatic heterocycles. The lowest BCUT2D eigenvalue weighted by Gasteiger charge is -2.19. The van der Waals surface area contributed by atoms with Crippen LogP contribution in [-0.2, 0) is 6.42 Å². The van der Waals surface area contributed by atoms with Crippen molar-refractivity contribution in [3.63, 3.8) is 0 Å². The lowest BCUT2D eigenvalue weighted by molar-refractivity contribution is 0.618. The number of hydrogen-bond donors (Lipinski definition) is 3. The molecule has 4 N–H and O–H groups in total. The van der Waals surface area contributed by atoms with Gasteiger partial charge in [-0.25, -0.2) is 9.97 Å². The van der Waals surface area contributed by atoms with Crippen molar-refractivity contribution < 1.29 is 0 Å². The number of aryl methyl sites for hydroxylation is 1. The van der Waals surface area contributed by atoms with Gasteiger partial charge in [0.15, 0.2) is 11.6 Å².